The van der Waals surface area contributed by atoms with Crippen LogP contribution in [-0.2, 0) is 12.0 Å². The van der Waals surface area contributed by atoms with Crippen LogP contribution in [0, 0.1) is 6.92 Å². The van der Waals surface area contributed by atoms with E-state index in [1.54, 1.807) is 10.7 Å². The number of hydrogen-bond donors (Lipinski definition) is 0. The van der Waals surface area contributed by atoms with Crippen molar-refractivity contribution >= 4 is 17.5 Å². The van der Waals surface area contributed by atoms with Crippen molar-refractivity contribution in [2.75, 3.05) is 0 Å². The van der Waals surface area contributed by atoms with Crippen molar-refractivity contribution in [1.29, 1.82) is 0 Å². The normalized spacial score (nSPS) is 12.8. The summed E-state index contributed by atoms with van der Waals surface area (Å²) in [5.41, 5.74) is 2.61. The van der Waals surface area contributed by atoms with Gasteiger partial charge in [0.25, 0.3) is 0 Å². The van der Waals surface area contributed by atoms with Crippen LogP contribution in [0.3, 0.4) is 0 Å². The third-order valence-corrected chi connectivity index (χ3v) is 5.61. The summed E-state index contributed by atoms with van der Waals surface area (Å²) in [6.45, 7) is 10.5. The molecule has 0 amide bonds. The van der Waals surface area contributed by atoms with E-state index in [1.807, 2.05) is 38.1 Å². The lowest BCUT2D eigenvalue weighted by atomic mass is 9.83. The van der Waals surface area contributed by atoms with Gasteiger partial charge in [0, 0.05) is 5.69 Å². The van der Waals surface area contributed by atoms with Gasteiger partial charge in [0.2, 0.25) is 0 Å². The van der Waals surface area contributed by atoms with Crippen molar-refractivity contribution in [2.45, 2.75) is 45.8 Å². The Morgan fingerprint density at radius 2 is 1.72 bits per heavy atom. The maximum atomic E-state index is 14.8. The lowest BCUT2D eigenvalue weighted by Gasteiger charge is -2.28. The van der Waals surface area contributed by atoms with Gasteiger partial charge < -0.3 is 0 Å². The Morgan fingerprint density at radius 3 is 2.31 bits per heavy atom. The van der Waals surface area contributed by atoms with Crippen molar-refractivity contribution in [1.82, 2.24) is 9.78 Å². The predicted octanol–water partition coefficient (Wildman–Crippen LogP) is 7.58. The largest absolute Gasteiger partial charge is 0.397 e. The highest BCUT2D eigenvalue weighted by Gasteiger charge is 2.48. The Labute approximate surface area is 185 Å². The summed E-state index contributed by atoms with van der Waals surface area (Å²) in [6.07, 6.45) is -3.10. The summed E-state index contributed by atoms with van der Waals surface area (Å²) < 4.78 is 56.2. The Morgan fingerprint density at radius 1 is 1.06 bits per heavy atom. The van der Waals surface area contributed by atoms with Crippen LogP contribution in [0.5, 0.6) is 0 Å². The van der Waals surface area contributed by atoms with Gasteiger partial charge in [-0.1, -0.05) is 54.6 Å². The molecule has 0 bridgehead atoms. The summed E-state index contributed by atoms with van der Waals surface area (Å²) in [5, 5.41) is 4.37. The molecule has 3 aromatic rings. The van der Waals surface area contributed by atoms with Gasteiger partial charge in [0.1, 0.15) is 5.69 Å². The fraction of sp³-hybridized carbons (Fsp3) is 0.269. The number of nitrogens with zero attached hydrogens (tertiary/aromatic N) is 2. The fourth-order valence-electron chi connectivity index (χ4n) is 3.27. The molecule has 2 nitrogen and oxygen atoms in total. The molecule has 0 atom stereocenters. The summed E-state index contributed by atoms with van der Waals surface area (Å²) in [6, 6.07) is 15.3. The molecule has 168 valence electrons. The summed E-state index contributed by atoms with van der Waals surface area (Å²) >= 11 is 0. The number of rotatable bonds is 6. The molecule has 1 heterocycles. The van der Waals surface area contributed by atoms with Crippen LogP contribution in [0.15, 0.2) is 61.2 Å². The molecule has 0 saturated heterocycles. The zero-order valence-corrected chi connectivity index (χ0v) is 18.6. The van der Waals surface area contributed by atoms with Crippen LogP contribution < -0.4 is 0 Å². The third kappa shape index (κ3) is 5.01. The van der Waals surface area contributed by atoms with Crippen molar-refractivity contribution in [3.8, 4) is 0 Å². The molecule has 32 heavy (non-hydrogen) atoms. The summed E-state index contributed by atoms with van der Waals surface area (Å²) in [5.74, 6) is -0.551. The summed E-state index contributed by atoms with van der Waals surface area (Å²) in [4.78, 5) is 0. The number of aromatic nitrogens is 2. The highest BCUT2D eigenvalue weighted by molar-refractivity contribution is 5.75. The molecular formula is C26H26F4N2. The topological polar surface area (TPSA) is 17.8 Å². The Bertz CT molecular complexity index is 1150. The van der Waals surface area contributed by atoms with Crippen LogP contribution >= 0.6 is 0 Å². The summed E-state index contributed by atoms with van der Waals surface area (Å²) in [7, 11) is 0. The predicted molar refractivity (Wildman–Crippen MR) is 122 cm³/mol. The molecule has 0 fully saturated rings. The quantitative estimate of drug-likeness (QED) is 0.360. The first-order chi connectivity index (χ1) is 14.9. The van der Waals surface area contributed by atoms with Gasteiger partial charge in [-0.2, -0.15) is 18.3 Å². The molecule has 0 spiro atoms. The van der Waals surface area contributed by atoms with E-state index in [0.29, 0.717) is 12.1 Å². The zero-order chi connectivity index (χ0) is 23.7. The lowest BCUT2D eigenvalue weighted by Crippen LogP contribution is -2.36. The Hall–Kier alpha value is -3.15. The number of hydrogen-bond acceptors (Lipinski definition) is 1. The van der Waals surface area contributed by atoms with Crippen molar-refractivity contribution in [2.24, 2.45) is 0 Å². The van der Waals surface area contributed by atoms with Crippen molar-refractivity contribution in [3.63, 3.8) is 0 Å². The molecular weight excluding hydrogens is 416 g/mol. The highest BCUT2D eigenvalue weighted by atomic mass is 19.4. The lowest BCUT2D eigenvalue weighted by molar-refractivity contribution is -0.180. The number of alkyl halides is 3. The van der Waals surface area contributed by atoms with Crippen molar-refractivity contribution in [3.05, 3.63) is 94.8 Å². The van der Waals surface area contributed by atoms with E-state index >= 15 is 0 Å². The molecule has 0 unspecified atom stereocenters. The maximum absolute atomic E-state index is 14.8. The molecule has 0 radical (unpaired) electrons. The standard InChI is InChI=1S/C26H26F4N2/c1-17(2)21-8-6-7-20(14-21)16-32-18(3)13-24(31-32)23(27)15-19-9-11-22(12-10-19)25(4,5)26(28,29)30/h6-15H,1,16H2,2-5H3/b23-15-. The monoisotopic (exact) mass is 442 g/mol. The first-order valence-electron chi connectivity index (χ1n) is 10.2. The molecule has 2 aromatic carbocycles. The van der Waals surface area contributed by atoms with Crippen LogP contribution in [0.4, 0.5) is 17.6 Å². The SMILES string of the molecule is C=C(C)c1cccc(Cn2nc(/C(F)=C/c3ccc(C(C)(C)C(F)(F)F)cc3)cc2C)c1. The number of allylic oxidation sites excluding steroid dienone is 1. The molecule has 3 rings (SSSR count). The second-order valence-electron chi connectivity index (χ2n) is 8.55. The van der Waals surface area contributed by atoms with Gasteiger partial charge in [-0.3, -0.25) is 4.68 Å². The van der Waals surface area contributed by atoms with E-state index < -0.39 is 17.4 Å². The molecule has 0 aliphatic rings. The van der Waals surface area contributed by atoms with Crippen LogP contribution in [0.2, 0.25) is 0 Å². The molecule has 1 aromatic heterocycles. The smallest absolute Gasteiger partial charge is 0.265 e. The fourth-order valence-corrected chi connectivity index (χ4v) is 3.27. The van der Waals surface area contributed by atoms with Gasteiger partial charge in [-0.15, -0.1) is 0 Å². The van der Waals surface area contributed by atoms with E-state index in [9.17, 15) is 17.6 Å². The maximum Gasteiger partial charge on any atom is 0.397 e. The first kappa shape index (κ1) is 23.5. The number of aryl methyl sites for hydroxylation is 1. The van der Waals surface area contributed by atoms with Gasteiger partial charge in [0.15, 0.2) is 5.83 Å². The van der Waals surface area contributed by atoms with E-state index in [-0.39, 0.29) is 11.3 Å². The second-order valence-corrected chi connectivity index (χ2v) is 8.55. The van der Waals surface area contributed by atoms with Crippen molar-refractivity contribution < 1.29 is 17.6 Å². The highest BCUT2D eigenvalue weighted by Crippen LogP contribution is 2.40. The first-order valence-corrected chi connectivity index (χ1v) is 10.2. The molecule has 0 saturated carbocycles. The minimum Gasteiger partial charge on any atom is -0.265 e. The van der Waals surface area contributed by atoms with Gasteiger partial charge in [-0.25, -0.2) is 4.39 Å². The minimum absolute atomic E-state index is 0.125. The zero-order valence-electron chi connectivity index (χ0n) is 18.6. The van der Waals surface area contributed by atoms with Gasteiger partial charge in [-0.05, 0) is 68.2 Å². The van der Waals surface area contributed by atoms with E-state index in [2.05, 4.69) is 11.7 Å². The van der Waals surface area contributed by atoms with E-state index in [4.69, 9.17) is 0 Å². The number of halogens is 4. The van der Waals surface area contributed by atoms with Gasteiger partial charge >= 0.3 is 6.18 Å². The molecule has 0 aliphatic heterocycles. The molecule has 0 aliphatic carbocycles. The molecule has 6 heteroatoms. The van der Waals surface area contributed by atoms with E-state index in [0.717, 1.165) is 36.2 Å². The third-order valence-electron chi connectivity index (χ3n) is 5.61. The Balaban J connectivity index is 1.81. The average molecular weight is 443 g/mol. The van der Waals surface area contributed by atoms with Crippen LogP contribution in [0.25, 0.3) is 17.5 Å². The molecule has 0 N–H and O–H groups in total. The average Bonchev–Trinajstić information content (AvgIpc) is 3.08. The second kappa shape index (κ2) is 8.77. The minimum atomic E-state index is -4.37. The number of benzene rings is 2. The Kier molecular flexibility index (Phi) is 6.44. The van der Waals surface area contributed by atoms with Crippen LogP contribution in [-0.4, -0.2) is 16.0 Å². The van der Waals surface area contributed by atoms with Gasteiger partial charge in [0.05, 0.1) is 12.0 Å². The van der Waals surface area contributed by atoms with Crippen LogP contribution in [0.1, 0.15) is 54.4 Å². The van der Waals surface area contributed by atoms with E-state index in [1.165, 1.54) is 30.3 Å².